The van der Waals surface area contributed by atoms with Crippen molar-refractivity contribution in [3.63, 3.8) is 0 Å². The van der Waals surface area contributed by atoms with Crippen LogP contribution in [0, 0.1) is 6.92 Å². The minimum Gasteiger partial charge on any atom is -0.399 e. The van der Waals surface area contributed by atoms with E-state index in [9.17, 15) is 0 Å². The molecule has 0 spiro atoms. The molecule has 0 atom stereocenters. The Morgan fingerprint density at radius 2 is 1.74 bits per heavy atom. The summed E-state index contributed by atoms with van der Waals surface area (Å²) in [4.78, 5) is 4.42. The zero-order valence-corrected chi connectivity index (χ0v) is 12.0. The fourth-order valence-corrected chi connectivity index (χ4v) is 2.11. The van der Waals surface area contributed by atoms with Crippen LogP contribution in [0.15, 0.2) is 18.6 Å². The van der Waals surface area contributed by atoms with E-state index in [1.165, 1.54) is 0 Å². The van der Waals surface area contributed by atoms with E-state index in [0.717, 1.165) is 16.7 Å². The fourth-order valence-electron chi connectivity index (χ4n) is 2.11. The molecule has 2 aromatic heterocycles. The van der Waals surface area contributed by atoms with Gasteiger partial charge in [-0.1, -0.05) is 0 Å². The number of hydrogen-bond donors (Lipinski definition) is 0. The number of nitrogens with zero attached hydrogens (tertiary/aromatic N) is 3. The summed E-state index contributed by atoms with van der Waals surface area (Å²) in [5.41, 5.74) is 2.12. The van der Waals surface area contributed by atoms with Crippen LogP contribution in [0.25, 0.3) is 5.65 Å². The molecule has 1 aliphatic rings. The van der Waals surface area contributed by atoms with Gasteiger partial charge in [0.05, 0.1) is 17.4 Å². The number of aryl methyl sites for hydroxylation is 1. The van der Waals surface area contributed by atoms with Crippen molar-refractivity contribution in [2.24, 2.45) is 0 Å². The maximum absolute atomic E-state index is 6.00. The molecule has 1 aliphatic heterocycles. The molecule has 100 valence electrons. The smallest absolute Gasteiger partial charge is 0.399 e. The van der Waals surface area contributed by atoms with Gasteiger partial charge in [0.1, 0.15) is 0 Å². The van der Waals surface area contributed by atoms with Crippen molar-refractivity contribution in [1.29, 1.82) is 0 Å². The second kappa shape index (κ2) is 3.80. The predicted molar refractivity (Wildman–Crippen MR) is 73.4 cm³/mol. The lowest BCUT2D eigenvalue weighted by Crippen LogP contribution is -2.41. The average Bonchev–Trinajstić information content (AvgIpc) is 2.78. The SMILES string of the molecule is Cc1cnn2cc(B3OC(C)(C)C(C)(C)O3)cnc12. The fraction of sp³-hybridized carbons (Fsp3) is 0.538. The molecule has 3 rings (SSSR count). The first kappa shape index (κ1) is 12.6. The molecular formula is C13H18BN3O2. The summed E-state index contributed by atoms with van der Waals surface area (Å²) in [7, 11) is -0.397. The molecule has 0 bridgehead atoms. The van der Waals surface area contributed by atoms with Gasteiger partial charge in [-0.3, -0.25) is 0 Å². The molecule has 0 amide bonds. The lowest BCUT2D eigenvalue weighted by molar-refractivity contribution is 0.00578. The highest BCUT2D eigenvalue weighted by atomic mass is 16.7. The Morgan fingerprint density at radius 3 is 2.37 bits per heavy atom. The summed E-state index contributed by atoms with van der Waals surface area (Å²) in [6, 6.07) is 0. The molecule has 0 aliphatic carbocycles. The molecular weight excluding hydrogens is 241 g/mol. The van der Waals surface area contributed by atoms with Crippen molar-refractivity contribution in [1.82, 2.24) is 14.6 Å². The molecule has 0 saturated carbocycles. The third kappa shape index (κ3) is 1.86. The van der Waals surface area contributed by atoms with Gasteiger partial charge in [-0.05, 0) is 34.6 Å². The van der Waals surface area contributed by atoms with Gasteiger partial charge in [-0.15, -0.1) is 0 Å². The molecule has 1 saturated heterocycles. The summed E-state index contributed by atoms with van der Waals surface area (Å²) in [6.45, 7) is 10.1. The highest BCUT2D eigenvalue weighted by Crippen LogP contribution is 2.36. The van der Waals surface area contributed by atoms with Crippen LogP contribution in [0.3, 0.4) is 0 Å². The third-order valence-corrected chi connectivity index (χ3v) is 4.08. The molecule has 0 aromatic carbocycles. The lowest BCUT2D eigenvalue weighted by atomic mass is 9.81. The van der Waals surface area contributed by atoms with Gasteiger partial charge in [0.2, 0.25) is 0 Å². The normalized spacial score (nSPS) is 21.2. The quantitative estimate of drug-likeness (QED) is 0.725. The zero-order chi connectivity index (χ0) is 13.8. The van der Waals surface area contributed by atoms with Crippen LogP contribution in [-0.4, -0.2) is 32.9 Å². The summed E-state index contributed by atoms with van der Waals surface area (Å²) in [5.74, 6) is 0. The van der Waals surface area contributed by atoms with Crippen molar-refractivity contribution in [3.8, 4) is 0 Å². The summed E-state index contributed by atoms with van der Waals surface area (Å²) >= 11 is 0. The van der Waals surface area contributed by atoms with Crippen molar-refractivity contribution in [3.05, 3.63) is 24.2 Å². The Hall–Kier alpha value is -1.40. The molecule has 0 radical (unpaired) electrons. The van der Waals surface area contributed by atoms with Crippen molar-refractivity contribution in [2.75, 3.05) is 0 Å². The highest BCUT2D eigenvalue weighted by molar-refractivity contribution is 6.61. The number of fused-ring (bicyclic) bond motifs is 1. The monoisotopic (exact) mass is 259 g/mol. The Balaban J connectivity index is 1.98. The van der Waals surface area contributed by atoms with Gasteiger partial charge < -0.3 is 9.31 Å². The second-order valence-corrected chi connectivity index (χ2v) is 6.07. The van der Waals surface area contributed by atoms with E-state index in [4.69, 9.17) is 9.31 Å². The average molecular weight is 259 g/mol. The standard InChI is InChI=1S/C13H18BN3O2/c1-9-6-16-17-8-10(7-15-11(9)17)14-18-12(2,3)13(4,5)19-14/h6-8H,1-5H3. The van der Waals surface area contributed by atoms with E-state index < -0.39 is 7.12 Å². The summed E-state index contributed by atoms with van der Waals surface area (Å²) < 4.78 is 13.8. The van der Waals surface area contributed by atoms with Crippen LogP contribution in [0.4, 0.5) is 0 Å². The van der Waals surface area contributed by atoms with E-state index in [-0.39, 0.29) is 11.2 Å². The molecule has 5 nitrogen and oxygen atoms in total. The summed E-state index contributed by atoms with van der Waals surface area (Å²) in [6.07, 6.45) is 5.51. The van der Waals surface area contributed by atoms with Gasteiger partial charge in [0.25, 0.3) is 0 Å². The first-order valence-electron chi connectivity index (χ1n) is 6.46. The zero-order valence-electron chi connectivity index (χ0n) is 12.0. The first-order chi connectivity index (χ1) is 8.80. The number of aromatic nitrogens is 3. The first-order valence-corrected chi connectivity index (χ1v) is 6.46. The Bertz CT molecular complexity index is 620. The Morgan fingerprint density at radius 1 is 1.11 bits per heavy atom. The van der Waals surface area contributed by atoms with E-state index in [0.29, 0.717) is 0 Å². The van der Waals surface area contributed by atoms with Crippen LogP contribution in [0.1, 0.15) is 33.3 Å². The van der Waals surface area contributed by atoms with Crippen molar-refractivity contribution < 1.29 is 9.31 Å². The van der Waals surface area contributed by atoms with E-state index in [2.05, 4.69) is 10.1 Å². The summed E-state index contributed by atoms with van der Waals surface area (Å²) in [5, 5.41) is 4.27. The Kier molecular flexibility index (Phi) is 2.53. The van der Waals surface area contributed by atoms with E-state index in [1.54, 1.807) is 16.9 Å². The van der Waals surface area contributed by atoms with Crippen LogP contribution >= 0.6 is 0 Å². The maximum Gasteiger partial charge on any atom is 0.498 e. The third-order valence-electron chi connectivity index (χ3n) is 4.08. The molecule has 2 aromatic rings. The Labute approximate surface area is 113 Å². The lowest BCUT2D eigenvalue weighted by Gasteiger charge is -2.32. The van der Waals surface area contributed by atoms with Crippen LogP contribution in [0.5, 0.6) is 0 Å². The van der Waals surface area contributed by atoms with E-state index >= 15 is 0 Å². The molecule has 3 heterocycles. The van der Waals surface area contributed by atoms with Crippen LogP contribution in [0.2, 0.25) is 0 Å². The maximum atomic E-state index is 6.00. The van der Waals surface area contributed by atoms with Crippen LogP contribution in [-0.2, 0) is 9.31 Å². The van der Waals surface area contributed by atoms with Gasteiger partial charge >= 0.3 is 7.12 Å². The minimum absolute atomic E-state index is 0.341. The van der Waals surface area contributed by atoms with Gasteiger partial charge in [-0.25, -0.2) is 9.50 Å². The van der Waals surface area contributed by atoms with Crippen molar-refractivity contribution in [2.45, 2.75) is 45.8 Å². The van der Waals surface area contributed by atoms with Gasteiger partial charge in [0.15, 0.2) is 5.65 Å². The highest BCUT2D eigenvalue weighted by Gasteiger charge is 2.51. The minimum atomic E-state index is -0.397. The van der Waals surface area contributed by atoms with Gasteiger partial charge in [-0.2, -0.15) is 5.10 Å². The van der Waals surface area contributed by atoms with Crippen LogP contribution < -0.4 is 5.46 Å². The molecule has 6 heteroatoms. The molecule has 19 heavy (non-hydrogen) atoms. The molecule has 0 unspecified atom stereocenters. The number of rotatable bonds is 1. The number of hydrogen-bond acceptors (Lipinski definition) is 4. The van der Waals surface area contributed by atoms with Crippen molar-refractivity contribution >= 4 is 18.2 Å². The van der Waals surface area contributed by atoms with E-state index in [1.807, 2.05) is 40.8 Å². The largest absolute Gasteiger partial charge is 0.498 e. The topological polar surface area (TPSA) is 48.7 Å². The second-order valence-electron chi connectivity index (χ2n) is 6.07. The predicted octanol–water partition coefficient (Wildman–Crippen LogP) is 1.34. The molecule has 0 N–H and O–H groups in total. The van der Waals surface area contributed by atoms with Gasteiger partial charge in [0, 0.05) is 23.4 Å². The molecule has 1 fully saturated rings.